The third-order valence-corrected chi connectivity index (χ3v) is 7.27. The molecule has 0 atom stereocenters. The smallest absolute Gasteiger partial charge is 0.264 e. The highest BCUT2D eigenvalue weighted by atomic mass is 32.1. The Hall–Kier alpha value is -3.82. The lowest BCUT2D eigenvalue weighted by Crippen LogP contribution is -2.44. The van der Waals surface area contributed by atoms with E-state index in [1.54, 1.807) is 37.2 Å². The van der Waals surface area contributed by atoms with Crippen molar-refractivity contribution in [2.75, 3.05) is 47.6 Å². The maximum Gasteiger partial charge on any atom is 0.264 e. The van der Waals surface area contributed by atoms with Crippen LogP contribution < -0.4 is 9.47 Å². The number of thiophene rings is 1. The minimum absolute atomic E-state index is 0.0404. The molecule has 0 fully saturated rings. The molecule has 2 heterocycles. The van der Waals surface area contributed by atoms with Gasteiger partial charge in [-0.1, -0.05) is 30.3 Å². The van der Waals surface area contributed by atoms with Crippen LogP contribution in [0, 0.1) is 0 Å². The number of carbonyl (C=O) groups is 2. The number of hydrogen-bond donors (Lipinski definition) is 1. The molecule has 0 aliphatic heterocycles. The number of ether oxygens (including phenoxy) is 3. The Bertz CT molecular complexity index is 1350. The SMILES string of the molecule is COCCN(CC(=O)N(CCc1c[nH]c2ccccc12)Cc1ccc(OC)c(OC)c1)C(=O)c1cccs1. The summed E-state index contributed by atoms with van der Waals surface area (Å²) < 4.78 is 16.1. The van der Waals surface area contributed by atoms with Crippen LogP contribution >= 0.6 is 11.3 Å². The minimum Gasteiger partial charge on any atom is -0.493 e. The van der Waals surface area contributed by atoms with Gasteiger partial charge in [-0.05, 0) is 47.2 Å². The molecule has 9 heteroatoms. The van der Waals surface area contributed by atoms with Gasteiger partial charge in [-0.15, -0.1) is 11.3 Å². The first kappa shape index (κ1) is 27.2. The molecule has 8 nitrogen and oxygen atoms in total. The molecule has 0 spiro atoms. The number of aromatic nitrogens is 1. The fourth-order valence-corrected chi connectivity index (χ4v) is 5.05. The fourth-order valence-electron chi connectivity index (χ4n) is 4.36. The molecule has 38 heavy (non-hydrogen) atoms. The molecule has 2 aromatic heterocycles. The van der Waals surface area contributed by atoms with Gasteiger partial charge in [0.25, 0.3) is 5.91 Å². The Balaban J connectivity index is 1.56. The molecule has 0 saturated carbocycles. The van der Waals surface area contributed by atoms with Crippen molar-refractivity contribution in [3.8, 4) is 11.5 Å². The summed E-state index contributed by atoms with van der Waals surface area (Å²) in [7, 11) is 4.76. The van der Waals surface area contributed by atoms with Gasteiger partial charge < -0.3 is 29.0 Å². The predicted octanol–water partition coefficient (Wildman–Crippen LogP) is 4.61. The van der Waals surface area contributed by atoms with Crippen LogP contribution in [-0.4, -0.2) is 74.2 Å². The summed E-state index contributed by atoms with van der Waals surface area (Å²) >= 11 is 1.36. The maximum atomic E-state index is 13.7. The number of nitrogens with zero attached hydrogens (tertiary/aromatic N) is 2. The predicted molar refractivity (Wildman–Crippen MR) is 149 cm³/mol. The minimum atomic E-state index is -0.173. The van der Waals surface area contributed by atoms with Gasteiger partial charge in [0.05, 0.1) is 25.7 Å². The van der Waals surface area contributed by atoms with E-state index in [9.17, 15) is 9.59 Å². The molecular formula is C29H33N3O5S. The van der Waals surface area contributed by atoms with Gasteiger partial charge in [0.15, 0.2) is 11.5 Å². The maximum absolute atomic E-state index is 13.7. The summed E-state index contributed by atoms with van der Waals surface area (Å²) in [6, 6.07) is 17.4. The van der Waals surface area contributed by atoms with Crippen LogP contribution in [-0.2, 0) is 22.5 Å². The Morgan fingerprint density at radius 1 is 0.921 bits per heavy atom. The molecule has 4 rings (SSSR count). The lowest BCUT2D eigenvalue weighted by molar-refractivity contribution is -0.132. The van der Waals surface area contributed by atoms with Crippen LogP contribution in [0.1, 0.15) is 20.8 Å². The summed E-state index contributed by atoms with van der Waals surface area (Å²) in [5, 5.41) is 2.99. The van der Waals surface area contributed by atoms with E-state index in [1.807, 2.05) is 54.0 Å². The first-order valence-electron chi connectivity index (χ1n) is 12.4. The van der Waals surface area contributed by atoms with Gasteiger partial charge in [-0.25, -0.2) is 0 Å². The van der Waals surface area contributed by atoms with Crippen molar-refractivity contribution < 1.29 is 23.8 Å². The highest BCUT2D eigenvalue weighted by Gasteiger charge is 2.23. The topological polar surface area (TPSA) is 84.1 Å². The van der Waals surface area contributed by atoms with Crippen LogP contribution in [0.4, 0.5) is 0 Å². The van der Waals surface area contributed by atoms with E-state index in [0.717, 1.165) is 22.0 Å². The average molecular weight is 536 g/mol. The Morgan fingerprint density at radius 3 is 2.47 bits per heavy atom. The Kier molecular flexibility index (Phi) is 9.40. The molecule has 1 N–H and O–H groups in total. The van der Waals surface area contributed by atoms with E-state index in [0.29, 0.717) is 49.0 Å². The number of rotatable bonds is 13. The molecule has 4 aromatic rings. The molecular weight excluding hydrogens is 502 g/mol. The van der Waals surface area contributed by atoms with E-state index in [2.05, 4.69) is 11.1 Å². The van der Waals surface area contributed by atoms with Crippen molar-refractivity contribution in [1.29, 1.82) is 0 Å². The molecule has 0 aliphatic rings. The first-order valence-corrected chi connectivity index (χ1v) is 13.3. The van der Waals surface area contributed by atoms with Crippen LogP contribution in [0.5, 0.6) is 11.5 Å². The van der Waals surface area contributed by atoms with Crippen molar-refractivity contribution in [2.24, 2.45) is 0 Å². The van der Waals surface area contributed by atoms with E-state index >= 15 is 0 Å². The first-order chi connectivity index (χ1) is 18.5. The van der Waals surface area contributed by atoms with Crippen LogP contribution in [0.25, 0.3) is 10.9 Å². The third-order valence-electron chi connectivity index (χ3n) is 6.41. The molecule has 0 bridgehead atoms. The molecule has 0 saturated heterocycles. The van der Waals surface area contributed by atoms with Crippen molar-refractivity contribution >= 4 is 34.1 Å². The molecule has 0 unspecified atom stereocenters. The van der Waals surface area contributed by atoms with Crippen molar-refractivity contribution in [3.05, 3.63) is 82.2 Å². The van der Waals surface area contributed by atoms with Crippen LogP contribution in [0.3, 0.4) is 0 Å². The Morgan fingerprint density at radius 2 is 1.74 bits per heavy atom. The van der Waals surface area contributed by atoms with E-state index in [1.165, 1.54) is 11.3 Å². The number of nitrogens with one attached hydrogen (secondary N) is 1. The summed E-state index contributed by atoms with van der Waals surface area (Å²) in [6.07, 6.45) is 2.66. The number of hydrogen-bond acceptors (Lipinski definition) is 6. The summed E-state index contributed by atoms with van der Waals surface area (Å²) in [6.45, 7) is 1.48. The number of methoxy groups -OCH3 is 3. The van der Waals surface area contributed by atoms with E-state index in [4.69, 9.17) is 14.2 Å². The standard InChI is InChI=1S/C29H33N3O5S/c1-35-15-14-32(29(34)27-9-6-16-38-27)20-28(33)31(19-21-10-11-25(36-2)26(17-21)37-3)13-12-22-18-30-24-8-5-4-7-23(22)24/h4-11,16-18,30H,12-15,19-20H2,1-3H3. The number of amides is 2. The monoisotopic (exact) mass is 535 g/mol. The fraction of sp³-hybridized carbons (Fsp3) is 0.310. The second kappa shape index (κ2) is 13.1. The zero-order valence-electron chi connectivity index (χ0n) is 21.9. The second-order valence-corrected chi connectivity index (χ2v) is 9.76. The lowest BCUT2D eigenvalue weighted by atomic mass is 10.1. The van der Waals surface area contributed by atoms with Crippen molar-refractivity contribution in [2.45, 2.75) is 13.0 Å². The summed E-state index contributed by atoms with van der Waals surface area (Å²) in [4.78, 5) is 34.1. The second-order valence-electron chi connectivity index (χ2n) is 8.81. The van der Waals surface area contributed by atoms with E-state index in [-0.39, 0.29) is 18.4 Å². The number of benzene rings is 2. The van der Waals surface area contributed by atoms with Crippen LogP contribution in [0.15, 0.2) is 66.2 Å². The number of para-hydroxylation sites is 1. The highest BCUT2D eigenvalue weighted by Crippen LogP contribution is 2.28. The molecule has 2 amide bonds. The van der Waals surface area contributed by atoms with Gasteiger partial charge in [-0.3, -0.25) is 9.59 Å². The third kappa shape index (κ3) is 6.54. The quantitative estimate of drug-likeness (QED) is 0.270. The number of carbonyl (C=O) groups excluding carboxylic acids is 2. The highest BCUT2D eigenvalue weighted by molar-refractivity contribution is 7.12. The number of H-pyrrole nitrogens is 1. The number of aromatic amines is 1. The zero-order chi connectivity index (χ0) is 26.9. The molecule has 0 aliphatic carbocycles. The van der Waals surface area contributed by atoms with Gasteiger partial charge in [0.1, 0.15) is 6.54 Å². The van der Waals surface area contributed by atoms with Crippen LogP contribution in [0.2, 0.25) is 0 Å². The molecule has 0 radical (unpaired) electrons. The van der Waals surface area contributed by atoms with Gasteiger partial charge in [0.2, 0.25) is 5.91 Å². The van der Waals surface area contributed by atoms with E-state index < -0.39 is 0 Å². The zero-order valence-corrected chi connectivity index (χ0v) is 22.8. The van der Waals surface area contributed by atoms with Gasteiger partial charge in [-0.2, -0.15) is 0 Å². The average Bonchev–Trinajstić information content (AvgIpc) is 3.63. The van der Waals surface area contributed by atoms with Crippen molar-refractivity contribution in [1.82, 2.24) is 14.8 Å². The lowest BCUT2D eigenvalue weighted by Gasteiger charge is -2.28. The van der Waals surface area contributed by atoms with Gasteiger partial charge in [0, 0.05) is 43.8 Å². The van der Waals surface area contributed by atoms with Crippen molar-refractivity contribution in [3.63, 3.8) is 0 Å². The largest absolute Gasteiger partial charge is 0.493 e. The molecule has 2 aromatic carbocycles. The molecule has 200 valence electrons. The normalized spacial score (nSPS) is 10.9. The summed E-state index contributed by atoms with van der Waals surface area (Å²) in [5.41, 5.74) is 3.10. The Labute approximate surface area is 226 Å². The van der Waals surface area contributed by atoms with Gasteiger partial charge >= 0.3 is 0 Å². The number of fused-ring (bicyclic) bond motifs is 1. The summed E-state index contributed by atoms with van der Waals surface area (Å²) in [5.74, 6) is 0.914.